The fourth-order valence-electron chi connectivity index (χ4n) is 4.87. The van der Waals surface area contributed by atoms with Crippen LogP contribution in [0.15, 0.2) is 4.79 Å². The van der Waals surface area contributed by atoms with E-state index in [1.807, 2.05) is 0 Å². The molecule has 2 aromatic heterocycles. The van der Waals surface area contributed by atoms with Gasteiger partial charge in [-0.3, -0.25) is 14.5 Å². The molecular formula is C24H34N4O5S. The van der Waals surface area contributed by atoms with Crippen LogP contribution in [-0.2, 0) is 20.8 Å². The lowest BCUT2D eigenvalue weighted by atomic mass is 9.88. The van der Waals surface area contributed by atoms with E-state index in [0.29, 0.717) is 39.6 Å². The summed E-state index contributed by atoms with van der Waals surface area (Å²) in [6, 6.07) is 0.215. The number of methoxy groups -OCH3 is 1. The van der Waals surface area contributed by atoms with Crippen molar-refractivity contribution in [1.82, 2.24) is 20.2 Å². The number of aromatic amines is 1. The molecule has 2 fully saturated rings. The molecule has 0 atom stereocenters. The Balaban J connectivity index is 1.35. The number of rotatable bonds is 8. The van der Waals surface area contributed by atoms with Crippen molar-refractivity contribution in [3.05, 3.63) is 26.6 Å². The first-order valence-corrected chi connectivity index (χ1v) is 13.0. The maximum atomic E-state index is 12.8. The van der Waals surface area contributed by atoms with E-state index >= 15 is 0 Å². The molecule has 0 unspecified atom stereocenters. The number of carbonyl (C=O) groups excluding carboxylic acids is 2. The molecule has 34 heavy (non-hydrogen) atoms. The lowest BCUT2D eigenvalue weighted by Crippen LogP contribution is -2.46. The molecule has 2 aliphatic rings. The number of carbonyl (C=O) groups is 2. The van der Waals surface area contributed by atoms with Gasteiger partial charge >= 0.3 is 5.97 Å². The van der Waals surface area contributed by atoms with Crippen molar-refractivity contribution < 1.29 is 19.1 Å². The van der Waals surface area contributed by atoms with Gasteiger partial charge in [0.15, 0.2) is 0 Å². The summed E-state index contributed by atoms with van der Waals surface area (Å²) in [6.07, 6.45) is 7.37. The van der Waals surface area contributed by atoms with Crippen molar-refractivity contribution in [2.24, 2.45) is 5.92 Å². The Bertz CT molecular complexity index is 1070. The molecule has 1 saturated heterocycles. The fraction of sp³-hybridized carbons (Fsp3) is 0.667. The second-order valence-corrected chi connectivity index (χ2v) is 10.3. The molecule has 2 N–H and O–H groups in total. The Hall–Kier alpha value is -2.30. The molecular weight excluding hydrogens is 456 g/mol. The van der Waals surface area contributed by atoms with Crippen molar-refractivity contribution >= 4 is 33.4 Å². The van der Waals surface area contributed by atoms with E-state index in [1.165, 1.54) is 17.8 Å². The van der Waals surface area contributed by atoms with E-state index < -0.39 is 5.97 Å². The van der Waals surface area contributed by atoms with Crippen LogP contribution in [0, 0.1) is 12.8 Å². The first-order chi connectivity index (χ1) is 16.5. The van der Waals surface area contributed by atoms with Gasteiger partial charge in [-0.25, -0.2) is 9.78 Å². The fourth-order valence-corrected chi connectivity index (χ4v) is 5.97. The monoisotopic (exact) mass is 490 g/mol. The number of thiophene rings is 1. The standard InChI is InChI=1S/C24H34N4O5S/c1-15-19-22(30)26-18(27-23(19)34-20(15)24(31)33-13-12-32-2)14-28-10-8-17(9-11-28)25-21(29)16-6-4-3-5-7-16/h16-17H,3-14H2,1-2H3,(H,25,29)(H,26,27,30). The number of nitrogens with one attached hydrogen (secondary N) is 2. The molecule has 4 rings (SSSR count). The quantitative estimate of drug-likeness (QED) is 0.432. The van der Waals surface area contributed by atoms with Gasteiger partial charge in [-0.15, -0.1) is 11.3 Å². The van der Waals surface area contributed by atoms with E-state index in [9.17, 15) is 14.4 Å². The van der Waals surface area contributed by atoms with Crippen LogP contribution >= 0.6 is 11.3 Å². The van der Waals surface area contributed by atoms with Gasteiger partial charge in [0.05, 0.1) is 18.5 Å². The molecule has 10 heteroatoms. The SMILES string of the molecule is COCCOC(=O)c1sc2nc(CN3CCC(NC(=O)C4CCCCC4)CC3)[nH]c(=O)c2c1C. The summed E-state index contributed by atoms with van der Waals surface area (Å²) >= 11 is 1.19. The molecule has 0 aromatic carbocycles. The van der Waals surface area contributed by atoms with Gasteiger partial charge in [-0.1, -0.05) is 19.3 Å². The molecule has 9 nitrogen and oxygen atoms in total. The summed E-state index contributed by atoms with van der Waals surface area (Å²) in [5.74, 6) is 0.530. The van der Waals surface area contributed by atoms with E-state index in [4.69, 9.17) is 9.47 Å². The number of ether oxygens (including phenoxy) is 2. The van der Waals surface area contributed by atoms with Crippen molar-refractivity contribution in [2.75, 3.05) is 33.4 Å². The molecule has 3 heterocycles. The number of aromatic nitrogens is 2. The molecule has 1 aliphatic carbocycles. The topological polar surface area (TPSA) is 114 Å². The predicted molar refractivity (Wildman–Crippen MR) is 130 cm³/mol. The maximum absolute atomic E-state index is 12.8. The molecule has 2 aromatic rings. The van der Waals surface area contributed by atoms with E-state index in [0.717, 1.165) is 51.6 Å². The molecule has 0 spiro atoms. The Kier molecular flexibility index (Phi) is 8.33. The highest BCUT2D eigenvalue weighted by Gasteiger charge is 2.26. The molecule has 1 aliphatic heterocycles. The minimum Gasteiger partial charge on any atom is -0.459 e. The van der Waals surface area contributed by atoms with Crippen molar-refractivity contribution in [2.45, 2.75) is 64.5 Å². The van der Waals surface area contributed by atoms with E-state index in [1.54, 1.807) is 14.0 Å². The summed E-state index contributed by atoms with van der Waals surface area (Å²) in [5.41, 5.74) is 0.358. The minimum absolute atomic E-state index is 0.162. The summed E-state index contributed by atoms with van der Waals surface area (Å²) in [5, 5.41) is 3.70. The zero-order chi connectivity index (χ0) is 24.1. The Morgan fingerprint density at radius 2 is 1.88 bits per heavy atom. The number of aryl methyl sites for hydroxylation is 1. The van der Waals surface area contributed by atoms with Gasteiger partial charge in [-0.05, 0) is 38.2 Å². The minimum atomic E-state index is -0.462. The number of amides is 1. The number of H-pyrrole nitrogens is 1. The second-order valence-electron chi connectivity index (χ2n) is 9.27. The number of hydrogen-bond donors (Lipinski definition) is 2. The lowest BCUT2D eigenvalue weighted by Gasteiger charge is -2.33. The van der Waals surface area contributed by atoms with Gasteiger partial charge in [0, 0.05) is 32.2 Å². The first kappa shape index (κ1) is 24.8. The van der Waals surface area contributed by atoms with Crippen LogP contribution in [0.5, 0.6) is 0 Å². The number of piperidine rings is 1. The van der Waals surface area contributed by atoms with Crippen LogP contribution in [0.1, 0.15) is 66.0 Å². The normalized spacial score (nSPS) is 18.3. The van der Waals surface area contributed by atoms with Gasteiger partial charge in [-0.2, -0.15) is 0 Å². The molecule has 186 valence electrons. The predicted octanol–water partition coefficient (Wildman–Crippen LogP) is 2.76. The third-order valence-corrected chi connectivity index (χ3v) is 8.00. The highest BCUT2D eigenvalue weighted by atomic mass is 32.1. The smallest absolute Gasteiger partial charge is 0.348 e. The van der Waals surface area contributed by atoms with Gasteiger partial charge in [0.25, 0.3) is 5.56 Å². The third-order valence-electron chi connectivity index (χ3n) is 6.84. The summed E-state index contributed by atoms with van der Waals surface area (Å²) in [7, 11) is 1.54. The Labute approximate surface area is 203 Å². The number of hydrogen-bond acceptors (Lipinski definition) is 8. The number of fused-ring (bicyclic) bond motifs is 1. The summed E-state index contributed by atoms with van der Waals surface area (Å²) in [4.78, 5) is 48.4. The number of likely N-dealkylation sites (tertiary alicyclic amines) is 1. The zero-order valence-corrected chi connectivity index (χ0v) is 20.8. The average molecular weight is 491 g/mol. The van der Waals surface area contributed by atoms with E-state index in [-0.39, 0.29) is 30.0 Å². The summed E-state index contributed by atoms with van der Waals surface area (Å²) < 4.78 is 10.1. The van der Waals surface area contributed by atoms with Crippen LogP contribution < -0.4 is 10.9 Å². The average Bonchev–Trinajstić information content (AvgIpc) is 3.17. The summed E-state index contributed by atoms with van der Waals surface area (Å²) in [6.45, 7) is 4.41. The van der Waals surface area contributed by atoms with Crippen molar-refractivity contribution in [3.63, 3.8) is 0 Å². The zero-order valence-electron chi connectivity index (χ0n) is 20.0. The van der Waals surface area contributed by atoms with Gasteiger partial charge < -0.3 is 19.8 Å². The maximum Gasteiger partial charge on any atom is 0.348 e. The highest BCUT2D eigenvalue weighted by Crippen LogP contribution is 2.28. The molecule has 1 saturated carbocycles. The Morgan fingerprint density at radius 1 is 1.15 bits per heavy atom. The van der Waals surface area contributed by atoms with Crippen LogP contribution in [-0.4, -0.2) is 66.2 Å². The molecule has 1 amide bonds. The van der Waals surface area contributed by atoms with Crippen LogP contribution in [0.2, 0.25) is 0 Å². The lowest BCUT2D eigenvalue weighted by molar-refractivity contribution is -0.127. The van der Waals surface area contributed by atoms with Crippen LogP contribution in [0.25, 0.3) is 10.2 Å². The van der Waals surface area contributed by atoms with Gasteiger partial charge in [0.1, 0.15) is 22.1 Å². The number of esters is 1. The first-order valence-electron chi connectivity index (χ1n) is 12.2. The third kappa shape index (κ3) is 5.84. The number of nitrogens with zero attached hydrogens (tertiary/aromatic N) is 2. The van der Waals surface area contributed by atoms with E-state index in [2.05, 4.69) is 20.2 Å². The second kappa shape index (κ2) is 11.4. The Morgan fingerprint density at radius 3 is 2.59 bits per heavy atom. The largest absolute Gasteiger partial charge is 0.459 e. The highest BCUT2D eigenvalue weighted by molar-refractivity contribution is 7.20. The molecule has 0 bridgehead atoms. The van der Waals surface area contributed by atoms with Gasteiger partial charge in [0.2, 0.25) is 5.91 Å². The van der Waals surface area contributed by atoms with Crippen molar-refractivity contribution in [1.29, 1.82) is 0 Å². The van der Waals surface area contributed by atoms with Crippen molar-refractivity contribution in [3.8, 4) is 0 Å². The van der Waals surface area contributed by atoms with Crippen LogP contribution in [0.4, 0.5) is 0 Å². The van der Waals surface area contributed by atoms with Crippen LogP contribution in [0.3, 0.4) is 0 Å². The molecule has 0 radical (unpaired) electrons.